The maximum Gasteiger partial charge on any atom is 0.142 e. The molecule has 18 heavy (non-hydrogen) atoms. The van der Waals surface area contributed by atoms with Gasteiger partial charge in [0.25, 0.3) is 0 Å². The lowest BCUT2D eigenvalue weighted by atomic mass is 9.92. The lowest BCUT2D eigenvalue weighted by Gasteiger charge is -2.24. The molecule has 2 nitrogen and oxygen atoms in total. The van der Waals surface area contributed by atoms with Crippen LogP contribution in [0.3, 0.4) is 0 Å². The fourth-order valence-electron chi connectivity index (χ4n) is 1.90. The molecule has 102 valence electrons. The number of nitrogens with two attached hydrogens (primary N) is 1. The zero-order chi connectivity index (χ0) is 13.6. The Balaban J connectivity index is 2.78. The van der Waals surface area contributed by atoms with Gasteiger partial charge in [0.05, 0.1) is 11.6 Å². The van der Waals surface area contributed by atoms with E-state index in [2.05, 4.69) is 0 Å². The molecule has 5 heteroatoms. The van der Waals surface area contributed by atoms with E-state index in [4.69, 9.17) is 22.1 Å². The minimum atomic E-state index is -1.52. The summed E-state index contributed by atoms with van der Waals surface area (Å²) in [6, 6.07) is 4.31. The molecule has 0 heterocycles. The van der Waals surface area contributed by atoms with Gasteiger partial charge in [-0.1, -0.05) is 17.7 Å². The van der Waals surface area contributed by atoms with Gasteiger partial charge in [-0.2, -0.15) is 0 Å². The van der Waals surface area contributed by atoms with Gasteiger partial charge >= 0.3 is 0 Å². The van der Waals surface area contributed by atoms with Crippen LogP contribution < -0.4 is 5.73 Å². The fourth-order valence-corrected chi connectivity index (χ4v) is 2.02. The molecule has 0 amide bonds. The monoisotopic (exact) mass is 277 g/mol. The molecule has 0 radical (unpaired) electrons. The summed E-state index contributed by atoms with van der Waals surface area (Å²) in [5.74, 6) is -0.534. The molecule has 0 aliphatic heterocycles. The number of alkyl halides is 1. The Bertz CT molecular complexity index is 389. The molecule has 0 aromatic heterocycles. The van der Waals surface area contributed by atoms with Gasteiger partial charge in [-0.05, 0) is 37.1 Å². The van der Waals surface area contributed by atoms with E-state index in [1.165, 1.54) is 19.2 Å². The number of rotatable bonds is 7. The normalized spacial score (nSPS) is 14.5. The van der Waals surface area contributed by atoms with Crippen molar-refractivity contribution in [1.29, 1.82) is 0 Å². The van der Waals surface area contributed by atoms with E-state index in [9.17, 15) is 8.78 Å². The average Bonchev–Trinajstić information content (AvgIpc) is 2.32. The van der Waals surface area contributed by atoms with E-state index < -0.39 is 11.5 Å². The van der Waals surface area contributed by atoms with Gasteiger partial charge in [-0.3, -0.25) is 0 Å². The minimum absolute atomic E-state index is 0.0305. The highest BCUT2D eigenvalue weighted by molar-refractivity contribution is 6.30. The number of ether oxygens (including phenoxy) is 1. The lowest BCUT2D eigenvalue weighted by molar-refractivity contribution is 0.0334. The summed E-state index contributed by atoms with van der Waals surface area (Å²) in [7, 11) is 1.44. The smallest absolute Gasteiger partial charge is 0.142 e. The van der Waals surface area contributed by atoms with Crippen LogP contribution in [0, 0.1) is 5.82 Å². The molecule has 0 bridgehead atoms. The van der Waals surface area contributed by atoms with Crippen molar-refractivity contribution < 1.29 is 13.5 Å². The van der Waals surface area contributed by atoms with Gasteiger partial charge in [-0.25, -0.2) is 8.78 Å². The number of hydrogen-bond acceptors (Lipinski definition) is 2. The van der Waals surface area contributed by atoms with E-state index in [1.54, 1.807) is 6.07 Å². The largest absolute Gasteiger partial charge is 0.381 e. The van der Waals surface area contributed by atoms with Crippen LogP contribution in [0.1, 0.15) is 18.4 Å². The highest BCUT2D eigenvalue weighted by Gasteiger charge is 2.29. The van der Waals surface area contributed by atoms with Crippen molar-refractivity contribution in [2.75, 3.05) is 20.3 Å². The van der Waals surface area contributed by atoms with E-state index in [1.807, 2.05) is 0 Å². The Labute approximate surface area is 111 Å². The summed E-state index contributed by atoms with van der Waals surface area (Å²) < 4.78 is 32.7. The van der Waals surface area contributed by atoms with Crippen LogP contribution in [-0.2, 0) is 11.2 Å². The van der Waals surface area contributed by atoms with Crippen molar-refractivity contribution in [3.63, 3.8) is 0 Å². The van der Waals surface area contributed by atoms with Crippen molar-refractivity contribution >= 4 is 11.6 Å². The average molecular weight is 278 g/mol. The molecule has 0 saturated heterocycles. The first kappa shape index (κ1) is 15.3. The van der Waals surface area contributed by atoms with Crippen LogP contribution in [0.2, 0.25) is 5.02 Å². The van der Waals surface area contributed by atoms with Crippen molar-refractivity contribution in [2.45, 2.75) is 24.9 Å². The second kappa shape index (κ2) is 7.02. The lowest BCUT2D eigenvalue weighted by Crippen LogP contribution is -2.32. The van der Waals surface area contributed by atoms with Crippen LogP contribution in [-0.4, -0.2) is 25.9 Å². The van der Waals surface area contributed by atoms with Crippen molar-refractivity contribution in [3.05, 3.63) is 34.6 Å². The molecule has 0 spiro atoms. The highest BCUT2D eigenvalue weighted by atomic mass is 35.5. The molecule has 1 aromatic carbocycles. The molecule has 1 aromatic rings. The number of methoxy groups -OCH3 is 1. The SMILES string of the molecule is COCC(F)(CCCN)Cc1ccc(Cl)c(F)c1. The van der Waals surface area contributed by atoms with E-state index in [0.29, 0.717) is 24.9 Å². The molecule has 0 saturated carbocycles. The Kier molecular flexibility index (Phi) is 5.99. The fraction of sp³-hybridized carbons (Fsp3) is 0.538. The number of benzene rings is 1. The molecule has 0 aliphatic carbocycles. The third-order valence-electron chi connectivity index (χ3n) is 2.74. The van der Waals surface area contributed by atoms with E-state index in [-0.39, 0.29) is 18.1 Å². The van der Waals surface area contributed by atoms with E-state index in [0.717, 1.165) is 0 Å². The van der Waals surface area contributed by atoms with Crippen LogP contribution in [0.15, 0.2) is 18.2 Å². The van der Waals surface area contributed by atoms with Crippen LogP contribution >= 0.6 is 11.6 Å². The van der Waals surface area contributed by atoms with Gasteiger partial charge < -0.3 is 10.5 Å². The summed E-state index contributed by atoms with van der Waals surface area (Å²) >= 11 is 5.59. The number of hydrogen-bond donors (Lipinski definition) is 1. The standard InChI is InChI=1S/C13H18ClF2NO/c1-18-9-13(16,5-2-6-17)8-10-3-4-11(14)12(15)7-10/h3-4,7H,2,5-6,8-9,17H2,1H3. The first-order valence-corrected chi connectivity index (χ1v) is 6.20. The Morgan fingerprint density at radius 1 is 1.44 bits per heavy atom. The molecular formula is C13H18ClF2NO. The first-order chi connectivity index (χ1) is 8.50. The zero-order valence-corrected chi connectivity index (χ0v) is 11.1. The molecular weight excluding hydrogens is 260 g/mol. The third-order valence-corrected chi connectivity index (χ3v) is 3.04. The highest BCUT2D eigenvalue weighted by Crippen LogP contribution is 2.26. The summed E-state index contributed by atoms with van der Waals surface area (Å²) in [6.07, 6.45) is 0.951. The Hall–Kier alpha value is -0.710. The summed E-state index contributed by atoms with van der Waals surface area (Å²) in [6.45, 7) is 0.390. The summed E-state index contributed by atoms with van der Waals surface area (Å²) in [5.41, 5.74) is 4.43. The van der Waals surface area contributed by atoms with Crippen LogP contribution in [0.4, 0.5) is 8.78 Å². The van der Waals surface area contributed by atoms with Crippen LogP contribution in [0.25, 0.3) is 0 Å². The predicted octanol–water partition coefficient (Wildman–Crippen LogP) is 3.12. The van der Waals surface area contributed by atoms with Crippen molar-refractivity contribution in [2.24, 2.45) is 5.73 Å². The maximum absolute atomic E-state index is 14.6. The molecule has 1 unspecified atom stereocenters. The van der Waals surface area contributed by atoms with Gasteiger partial charge in [0.15, 0.2) is 0 Å². The Morgan fingerprint density at radius 2 is 2.17 bits per heavy atom. The van der Waals surface area contributed by atoms with Gasteiger partial charge in [-0.15, -0.1) is 0 Å². The van der Waals surface area contributed by atoms with Crippen molar-refractivity contribution in [3.8, 4) is 0 Å². The van der Waals surface area contributed by atoms with Gasteiger partial charge in [0, 0.05) is 13.5 Å². The van der Waals surface area contributed by atoms with Crippen LogP contribution in [0.5, 0.6) is 0 Å². The van der Waals surface area contributed by atoms with Crippen molar-refractivity contribution in [1.82, 2.24) is 0 Å². The molecule has 1 rings (SSSR count). The second-order valence-corrected chi connectivity index (χ2v) is 4.81. The molecule has 0 fully saturated rings. The molecule has 1 atom stereocenters. The topological polar surface area (TPSA) is 35.2 Å². The van der Waals surface area contributed by atoms with E-state index >= 15 is 0 Å². The molecule has 2 N–H and O–H groups in total. The first-order valence-electron chi connectivity index (χ1n) is 5.82. The van der Waals surface area contributed by atoms with Gasteiger partial charge in [0.1, 0.15) is 11.5 Å². The third kappa shape index (κ3) is 4.52. The summed E-state index contributed by atoms with van der Waals surface area (Å²) in [5, 5.41) is 0.0388. The quantitative estimate of drug-likeness (QED) is 0.831. The maximum atomic E-state index is 14.6. The predicted molar refractivity (Wildman–Crippen MR) is 69.1 cm³/mol. The molecule has 0 aliphatic rings. The number of halogens is 3. The minimum Gasteiger partial charge on any atom is -0.381 e. The second-order valence-electron chi connectivity index (χ2n) is 4.40. The zero-order valence-electron chi connectivity index (χ0n) is 10.4. The van der Waals surface area contributed by atoms with Gasteiger partial charge in [0.2, 0.25) is 0 Å². The summed E-state index contributed by atoms with van der Waals surface area (Å²) in [4.78, 5) is 0. The Morgan fingerprint density at radius 3 is 2.72 bits per heavy atom.